The van der Waals surface area contributed by atoms with Crippen molar-refractivity contribution in [2.24, 2.45) is 0 Å². The van der Waals surface area contributed by atoms with Gasteiger partial charge < -0.3 is 19.0 Å². The van der Waals surface area contributed by atoms with Gasteiger partial charge in [0.1, 0.15) is 18.4 Å². The summed E-state index contributed by atoms with van der Waals surface area (Å²) in [5, 5.41) is 9.48. The van der Waals surface area contributed by atoms with Crippen molar-refractivity contribution in [3.63, 3.8) is 0 Å². The summed E-state index contributed by atoms with van der Waals surface area (Å²) in [7, 11) is 0. The Kier molecular flexibility index (Phi) is 5.78. The Labute approximate surface area is 170 Å². The van der Waals surface area contributed by atoms with Crippen molar-refractivity contribution in [3.05, 3.63) is 77.3 Å². The Morgan fingerprint density at radius 3 is 2.52 bits per heavy atom. The molecule has 29 heavy (non-hydrogen) atoms. The molecule has 2 aromatic carbocycles. The van der Waals surface area contributed by atoms with Crippen LogP contribution in [-0.2, 0) is 13.2 Å². The van der Waals surface area contributed by atoms with E-state index in [1.165, 1.54) is 16.0 Å². The van der Waals surface area contributed by atoms with E-state index in [1.807, 2.05) is 37.3 Å². The minimum absolute atomic E-state index is 0.205. The molecule has 3 aromatic rings. The highest BCUT2D eigenvalue weighted by Gasteiger charge is 2.26. The van der Waals surface area contributed by atoms with Gasteiger partial charge in [-0.25, -0.2) is 0 Å². The lowest BCUT2D eigenvalue weighted by Gasteiger charge is -2.31. The maximum Gasteiger partial charge on any atom is 0.236 e. The summed E-state index contributed by atoms with van der Waals surface area (Å²) < 4.78 is 11.6. The topological polar surface area (TPSA) is 66.7 Å². The van der Waals surface area contributed by atoms with Crippen LogP contribution < -0.4 is 14.5 Å². The van der Waals surface area contributed by atoms with Crippen molar-refractivity contribution in [3.8, 4) is 11.8 Å². The molecule has 0 saturated carbocycles. The fourth-order valence-corrected chi connectivity index (χ4v) is 3.57. The van der Waals surface area contributed by atoms with Gasteiger partial charge in [-0.3, -0.25) is 0 Å². The summed E-state index contributed by atoms with van der Waals surface area (Å²) in [6.07, 6.45) is 0. The van der Waals surface area contributed by atoms with Gasteiger partial charge in [-0.15, -0.1) is 0 Å². The maximum absolute atomic E-state index is 9.48. The highest BCUT2D eigenvalue weighted by atomic mass is 16.5. The van der Waals surface area contributed by atoms with Gasteiger partial charge in [0, 0.05) is 5.56 Å². The van der Waals surface area contributed by atoms with Crippen LogP contribution >= 0.6 is 0 Å². The molecule has 2 heterocycles. The second kappa shape index (κ2) is 8.80. The minimum atomic E-state index is 0.205. The third kappa shape index (κ3) is 4.76. The molecule has 1 saturated heterocycles. The van der Waals surface area contributed by atoms with Gasteiger partial charge in [0.15, 0.2) is 6.61 Å². The molecule has 4 rings (SSSR count). The SMILES string of the molecule is Cc1ccc(OCc2nc(C#N)c(N3CC[NH+](Cc4ccccc4)CC3)o2)cc1. The van der Waals surface area contributed by atoms with Crippen molar-refractivity contribution in [2.75, 3.05) is 31.1 Å². The summed E-state index contributed by atoms with van der Waals surface area (Å²) in [6.45, 7) is 6.92. The summed E-state index contributed by atoms with van der Waals surface area (Å²) in [5.41, 5.74) is 2.86. The monoisotopic (exact) mass is 389 g/mol. The van der Waals surface area contributed by atoms with Crippen LogP contribution in [0.15, 0.2) is 59.0 Å². The van der Waals surface area contributed by atoms with Crippen molar-refractivity contribution in [2.45, 2.75) is 20.1 Å². The summed E-state index contributed by atoms with van der Waals surface area (Å²) in [4.78, 5) is 7.98. The standard InChI is InChI=1S/C23H24N4O2/c1-18-7-9-20(10-8-18)28-17-22-25-21(15-24)23(29-22)27-13-11-26(12-14-27)16-19-5-3-2-4-6-19/h2-10H,11-14,16-17H2,1H3/p+1. The molecule has 0 radical (unpaired) electrons. The molecule has 1 N–H and O–H groups in total. The largest absolute Gasteiger partial charge is 0.484 e. The Hall–Kier alpha value is -3.30. The molecule has 6 nitrogen and oxygen atoms in total. The van der Waals surface area contributed by atoms with Crippen LogP contribution in [0, 0.1) is 18.3 Å². The second-order valence-corrected chi connectivity index (χ2v) is 7.37. The zero-order chi connectivity index (χ0) is 20.1. The number of anilines is 1. The number of piperazine rings is 1. The van der Waals surface area contributed by atoms with Crippen LogP contribution in [0.4, 0.5) is 5.88 Å². The first-order chi connectivity index (χ1) is 14.2. The lowest BCUT2D eigenvalue weighted by molar-refractivity contribution is -0.914. The fraction of sp³-hybridized carbons (Fsp3) is 0.304. The number of ether oxygens (including phenoxy) is 1. The molecule has 0 aliphatic carbocycles. The zero-order valence-electron chi connectivity index (χ0n) is 16.6. The molecule has 0 bridgehead atoms. The van der Waals surface area contributed by atoms with Crippen molar-refractivity contribution >= 4 is 5.88 Å². The van der Waals surface area contributed by atoms with E-state index in [9.17, 15) is 5.26 Å². The van der Waals surface area contributed by atoms with Gasteiger partial charge in [0.05, 0.1) is 26.2 Å². The van der Waals surface area contributed by atoms with Crippen LogP contribution in [0.1, 0.15) is 22.7 Å². The first kappa shape index (κ1) is 19.0. The summed E-state index contributed by atoms with van der Waals surface area (Å²) in [5.74, 6) is 1.75. The molecule has 0 amide bonds. The number of benzene rings is 2. The molecule has 1 aromatic heterocycles. The summed E-state index contributed by atoms with van der Waals surface area (Å²) in [6, 6.07) is 20.5. The Morgan fingerprint density at radius 1 is 1.10 bits per heavy atom. The quantitative estimate of drug-likeness (QED) is 0.701. The first-order valence-electron chi connectivity index (χ1n) is 9.93. The highest BCUT2D eigenvalue weighted by molar-refractivity contribution is 5.48. The van der Waals surface area contributed by atoms with Crippen LogP contribution in [0.5, 0.6) is 5.75 Å². The summed E-state index contributed by atoms with van der Waals surface area (Å²) >= 11 is 0. The van der Waals surface area contributed by atoms with Crippen molar-refractivity contribution < 1.29 is 14.1 Å². The Balaban J connectivity index is 1.36. The van der Waals surface area contributed by atoms with Crippen LogP contribution in [0.2, 0.25) is 0 Å². The average molecular weight is 389 g/mol. The second-order valence-electron chi connectivity index (χ2n) is 7.37. The normalized spacial score (nSPS) is 14.6. The predicted octanol–water partition coefficient (Wildman–Crippen LogP) is 2.34. The number of hydrogen-bond acceptors (Lipinski definition) is 5. The number of oxazole rings is 1. The number of aromatic nitrogens is 1. The number of rotatable bonds is 6. The number of nitrogens with zero attached hydrogens (tertiary/aromatic N) is 3. The van der Waals surface area contributed by atoms with E-state index in [0.717, 1.165) is 38.5 Å². The van der Waals surface area contributed by atoms with E-state index in [1.54, 1.807) is 0 Å². The van der Waals surface area contributed by atoms with Crippen molar-refractivity contribution in [1.29, 1.82) is 5.26 Å². The molecule has 0 unspecified atom stereocenters. The third-order valence-corrected chi connectivity index (χ3v) is 5.20. The Bertz CT molecular complexity index is 968. The van der Waals surface area contributed by atoms with E-state index in [-0.39, 0.29) is 6.61 Å². The molecule has 1 aliphatic rings. The van der Waals surface area contributed by atoms with Gasteiger partial charge in [-0.05, 0) is 19.1 Å². The fourth-order valence-electron chi connectivity index (χ4n) is 3.57. The highest BCUT2D eigenvalue weighted by Crippen LogP contribution is 2.23. The molecule has 1 aliphatic heterocycles. The first-order valence-corrected chi connectivity index (χ1v) is 9.93. The number of quaternary nitrogens is 1. The van der Waals surface area contributed by atoms with Gasteiger partial charge >= 0.3 is 0 Å². The molecular formula is C23H25N4O2+. The number of hydrogen-bond donors (Lipinski definition) is 1. The van der Waals surface area contributed by atoms with Crippen LogP contribution in [-0.4, -0.2) is 31.2 Å². The van der Waals surface area contributed by atoms with E-state index in [2.05, 4.69) is 40.2 Å². The maximum atomic E-state index is 9.48. The van der Waals surface area contributed by atoms with Gasteiger partial charge in [0.2, 0.25) is 17.5 Å². The van der Waals surface area contributed by atoms with E-state index < -0.39 is 0 Å². The average Bonchev–Trinajstić information content (AvgIpc) is 3.18. The van der Waals surface area contributed by atoms with E-state index >= 15 is 0 Å². The number of nitrogens with one attached hydrogen (secondary N) is 1. The molecule has 1 fully saturated rings. The Morgan fingerprint density at radius 2 is 1.83 bits per heavy atom. The smallest absolute Gasteiger partial charge is 0.236 e. The molecule has 148 valence electrons. The van der Waals surface area contributed by atoms with Crippen LogP contribution in [0.25, 0.3) is 0 Å². The van der Waals surface area contributed by atoms with Gasteiger partial charge in [-0.1, -0.05) is 48.0 Å². The molecular weight excluding hydrogens is 364 g/mol. The van der Waals surface area contributed by atoms with Crippen molar-refractivity contribution in [1.82, 2.24) is 4.98 Å². The molecule has 0 atom stereocenters. The van der Waals surface area contributed by atoms with Gasteiger partial charge in [-0.2, -0.15) is 10.2 Å². The molecule has 6 heteroatoms. The van der Waals surface area contributed by atoms with Crippen LogP contribution in [0.3, 0.4) is 0 Å². The third-order valence-electron chi connectivity index (χ3n) is 5.20. The zero-order valence-corrected chi connectivity index (χ0v) is 16.6. The van der Waals surface area contributed by atoms with E-state index in [0.29, 0.717) is 17.5 Å². The predicted molar refractivity (Wildman–Crippen MR) is 110 cm³/mol. The molecule has 0 spiro atoms. The number of aryl methyl sites for hydroxylation is 1. The van der Waals surface area contributed by atoms with E-state index in [4.69, 9.17) is 9.15 Å². The minimum Gasteiger partial charge on any atom is -0.484 e. The number of nitriles is 1. The van der Waals surface area contributed by atoms with Gasteiger partial charge in [0.25, 0.3) is 0 Å². The lowest BCUT2D eigenvalue weighted by Crippen LogP contribution is -3.13. The lowest BCUT2D eigenvalue weighted by atomic mass is 10.2.